The number of carbonyl (C=O) groups is 1. The summed E-state index contributed by atoms with van der Waals surface area (Å²) in [6.07, 6.45) is 0. The molecular formula is C13H8INO5. The summed E-state index contributed by atoms with van der Waals surface area (Å²) in [4.78, 5) is 21.2. The molecule has 7 heteroatoms. The number of hydrogen-bond donors (Lipinski definition) is 1. The summed E-state index contributed by atoms with van der Waals surface area (Å²) in [6, 6.07) is 10.3. The second-order valence-corrected chi connectivity index (χ2v) is 5.04. The molecule has 0 saturated carbocycles. The number of nitro benzene ring substituents is 1. The number of hydrogen-bond acceptors (Lipinski definition) is 4. The highest BCUT2D eigenvalue weighted by molar-refractivity contribution is 14.1. The van der Waals surface area contributed by atoms with E-state index in [1.807, 2.05) is 0 Å². The molecule has 0 aliphatic rings. The van der Waals surface area contributed by atoms with Crippen LogP contribution in [0.5, 0.6) is 11.5 Å². The Labute approximate surface area is 127 Å². The number of ether oxygens (including phenoxy) is 1. The number of nitro groups is 1. The van der Waals surface area contributed by atoms with Gasteiger partial charge in [-0.25, -0.2) is 4.79 Å². The Kier molecular flexibility index (Phi) is 4.18. The lowest BCUT2D eigenvalue weighted by molar-refractivity contribution is -0.384. The molecule has 0 fully saturated rings. The molecular weight excluding hydrogens is 377 g/mol. The molecule has 0 atom stereocenters. The fourth-order valence-corrected chi connectivity index (χ4v) is 1.87. The summed E-state index contributed by atoms with van der Waals surface area (Å²) in [5, 5.41) is 19.8. The minimum absolute atomic E-state index is 0.0621. The zero-order valence-electron chi connectivity index (χ0n) is 9.95. The molecule has 0 aliphatic carbocycles. The van der Waals surface area contributed by atoms with Crippen LogP contribution in [0.4, 0.5) is 5.69 Å². The second kappa shape index (κ2) is 5.87. The minimum atomic E-state index is -1.21. The van der Waals surface area contributed by atoms with E-state index in [0.29, 0.717) is 5.75 Å². The van der Waals surface area contributed by atoms with Gasteiger partial charge in [-0.3, -0.25) is 10.1 Å². The molecule has 0 aliphatic heterocycles. The highest BCUT2D eigenvalue weighted by Gasteiger charge is 2.17. The van der Waals surface area contributed by atoms with Crippen LogP contribution in [0.15, 0.2) is 42.5 Å². The van der Waals surface area contributed by atoms with Crippen molar-refractivity contribution < 1.29 is 19.6 Å². The van der Waals surface area contributed by atoms with Crippen LogP contribution in [0.2, 0.25) is 0 Å². The normalized spacial score (nSPS) is 10.1. The monoisotopic (exact) mass is 385 g/mol. The molecule has 0 heterocycles. The van der Waals surface area contributed by atoms with Crippen LogP contribution in [-0.2, 0) is 0 Å². The molecule has 6 nitrogen and oxygen atoms in total. The van der Waals surface area contributed by atoms with E-state index >= 15 is 0 Å². The van der Waals surface area contributed by atoms with Crippen molar-refractivity contribution in [2.24, 2.45) is 0 Å². The van der Waals surface area contributed by atoms with E-state index in [1.165, 1.54) is 0 Å². The number of carboxylic acid groups (broad SMARTS) is 1. The summed E-state index contributed by atoms with van der Waals surface area (Å²) < 4.78 is 6.42. The number of rotatable bonds is 4. The van der Waals surface area contributed by atoms with Gasteiger partial charge in [0.25, 0.3) is 5.69 Å². The first kappa shape index (κ1) is 14.3. The van der Waals surface area contributed by atoms with Gasteiger partial charge < -0.3 is 9.84 Å². The van der Waals surface area contributed by atoms with Crippen molar-refractivity contribution in [1.29, 1.82) is 0 Å². The van der Waals surface area contributed by atoms with Gasteiger partial charge in [0.2, 0.25) is 0 Å². The standard InChI is InChI=1S/C13H8INO5/c14-8-1-4-10(5-2-8)20-12-7-9(15(18)19)3-6-11(12)13(16)17/h1-7H,(H,16,17). The molecule has 1 N–H and O–H groups in total. The minimum Gasteiger partial charge on any atom is -0.478 e. The Morgan fingerprint density at radius 3 is 2.40 bits per heavy atom. The van der Waals surface area contributed by atoms with E-state index in [4.69, 9.17) is 9.84 Å². The van der Waals surface area contributed by atoms with Gasteiger partial charge in [0.05, 0.1) is 11.0 Å². The fourth-order valence-electron chi connectivity index (χ4n) is 1.52. The number of nitrogens with zero attached hydrogens (tertiary/aromatic N) is 1. The summed E-state index contributed by atoms with van der Waals surface area (Å²) in [6.45, 7) is 0. The number of non-ortho nitro benzene ring substituents is 1. The Morgan fingerprint density at radius 1 is 1.20 bits per heavy atom. The van der Waals surface area contributed by atoms with Crippen LogP contribution in [-0.4, -0.2) is 16.0 Å². The van der Waals surface area contributed by atoms with E-state index < -0.39 is 10.9 Å². The van der Waals surface area contributed by atoms with Crippen molar-refractivity contribution in [3.63, 3.8) is 0 Å². The van der Waals surface area contributed by atoms with Crippen molar-refractivity contribution in [3.05, 3.63) is 61.7 Å². The molecule has 0 unspecified atom stereocenters. The molecule has 0 aromatic heterocycles. The van der Waals surface area contributed by atoms with Gasteiger partial charge >= 0.3 is 5.97 Å². The summed E-state index contributed by atoms with van der Waals surface area (Å²) in [5.74, 6) is -0.860. The first-order valence-corrected chi connectivity index (χ1v) is 6.50. The van der Waals surface area contributed by atoms with Crippen molar-refractivity contribution in [1.82, 2.24) is 0 Å². The molecule has 2 aromatic rings. The largest absolute Gasteiger partial charge is 0.478 e. The average molecular weight is 385 g/mol. The smallest absolute Gasteiger partial charge is 0.339 e. The highest BCUT2D eigenvalue weighted by Crippen LogP contribution is 2.29. The lowest BCUT2D eigenvalue weighted by atomic mass is 10.2. The van der Waals surface area contributed by atoms with Crippen molar-refractivity contribution in [2.75, 3.05) is 0 Å². The predicted molar refractivity (Wildman–Crippen MR) is 79.3 cm³/mol. The number of benzene rings is 2. The lowest BCUT2D eigenvalue weighted by Gasteiger charge is -2.08. The topological polar surface area (TPSA) is 89.7 Å². The zero-order valence-corrected chi connectivity index (χ0v) is 12.1. The maximum absolute atomic E-state index is 11.1. The van der Waals surface area contributed by atoms with Gasteiger partial charge in [-0.2, -0.15) is 0 Å². The van der Waals surface area contributed by atoms with Crippen LogP contribution in [0.3, 0.4) is 0 Å². The molecule has 0 spiro atoms. The molecule has 2 aromatic carbocycles. The Hall–Kier alpha value is -2.16. The summed E-state index contributed by atoms with van der Waals surface area (Å²) in [7, 11) is 0. The third-order valence-corrected chi connectivity index (χ3v) is 3.17. The van der Waals surface area contributed by atoms with Crippen molar-refractivity contribution in [3.8, 4) is 11.5 Å². The van der Waals surface area contributed by atoms with Gasteiger partial charge in [-0.1, -0.05) is 0 Å². The molecule has 2 rings (SSSR count). The molecule has 0 saturated heterocycles. The molecule has 0 amide bonds. The maximum Gasteiger partial charge on any atom is 0.339 e. The number of carboxylic acids is 1. The Morgan fingerprint density at radius 2 is 1.85 bits per heavy atom. The van der Waals surface area contributed by atoms with Crippen LogP contribution in [0.25, 0.3) is 0 Å². The predicted octanol–water partition coefficient (Wildman–Crippen LogP) is 3.69. The Bertz CT molecular complexity index is 669. The van der Waals surface area contributed by atoms with Crippen LogP contribution < -0.4 is 4.74 Å². The summed E-state index contributed by atoms with van der Waals surface area (Å²) >= 11 is 2.12. The first-order valence-electron chi connectivity index (χ1n) is 5.42. The quantitative estimate of drug-likeness (QED) is 0.493. The van der Waals surface area contributed by atoms with Gasteiger partial charge in [-0.05, 0) is 52.9 Å². The third-order valence-electron chi connectivity index (χ3n) is 2.45. The van der Waals surface area contributed by atoms with E-state index in [-0.39, 0.29) is 17.0 Å². The highest BCUT2D eigenvalue weighted by atomic mass is 127. The number of halogens is 1. The SMILES string of the molecule is O=C(O)c1ccc([N+](=O)[O-])cc1Oc1ccc(I)cc1. The summed E-state index contributed by atoms with van der Waals surface area (Å²) in [5.41, 5.74) is -0.357. The van der Waals surface area contributed by atoms with Crippen molar-refractivity contribution in [2.45, 2.75) is 0 Å². The molecule has 0 bridgehead atoms. The van der Waals surface area contributed by atoms with Crippen LogP contribution >= 0.6 is 22.6 Å². The van der Waals surface area contributed by atoms with E-state index in [9.17, 15) is 14.9 Å². The second-order valence-electron chi connectivity index (χ2n) is 3.80. The van der Waals surface area contributed by atoms with Crippen LogP contribution in [0.1, 0.15) is 10.4 Å². The van der Waals surface area contributed by atoms with Gasteiger partial charge in [0.1, 0.15) is 17.1 Å². The van der Waals surface area contributed by atoms with Crippen LogP contribution in [0, 0.1) is 13.7 Å². The molecule has 102 valence electrons. The van der Waals surface area contributed by atoms with Gasteiger partial charge in [0, 0.05) is 9.64 Å². The zero-order chi connectivity index (χ0) is 14.7. The van der Waals surface area contributed by atoms with E-state index in [0.717, 1.165) is 21.8 Å². The van der Waals surface area contributed by atoms with Crippen molar-refractivity contribution >= 4 is 34.2 Å². The average Bonchev–Trinajstić information content (AvgIpc) is 2.41. The Balaban J connectivity index is 2.41. The molecule has 20 heavy (non-hydrogen) atoms. The fraction of sp³-hybridized carbons (Fsp3) is 0. The lowest BCUT2D eigenvalue weighted by Crippen LogP contribution is -2.01. The first-order chi connectivity index (χ1) is 9.47. The number of aromatic carboxylic acids is 1. The van der Waals surface area contributed by atoms with Gasteiger partial charge in [-0.15, -0.1) is 0 Å². The van der Waals surface area contributed by atoms with E-state index in [1.54, 1.807) is 24.3 Å². The molecule has 0 radical (unpaired) electrons. The van der Waals surface area contributed by atoms with E-state index in [2.05, 4.69) is 22.6 Å². The third kappa shape index (κ3) is 3.23. The van der Waals surface area contributed by atoms with Gasteiger partial charge in [0.15, 0.2) is 0 Å². The maximum atomic E-state index is 11.1.